The number of hydrogen-bond donors (Lipinski definition) is 2. The molecule has 1 fully saturated rings. The molecule has 6 atom stereocenters. The van der Waals surface area contributed by atoms with Gasteiger partial charge >= 0.3 is 5.97 Å². The fourth-order valence-corrected chi connectivity index (χ4v) is 3.82. The highest BCUT2D eigenvalue weighted by Gasteiger charge is 2.48. The molecular weight excluding hydrogens is 454 g/mol. The van der Waals surface area contributed by atoms with Gasteiger partial charge in [0, 0.05) is 6.92 Å². The van der Waals surface area contributed by atoms with Crippen LogP contribution in [-0.4, -0.2) is 67.4 Å². The standard InChI is InChI=1S/C26H33NO8/c1-17(25(30)31-3)34-24-22(27-18(2)28)26(33-15-20-12-8-5-9-13-20)35-21(23(24)29)16-32-14-19-10-6-4-7-11-19/h4-13,17,21-24,26,29H,14-16H2,1-3H3,(H,27,28). The Morgan fingerprint density at radius 1 is 1.03 bits per heavy atom. The molecule has 9 heteroatoms. The van der Waals surface area contributed by atoms with E-state index in [0.29, 0.717) is 6.61 Å². The van der Waals surface area contributed by atoms with Crippen molar-refractivity contribution in [2.24, 2.45) is 0 Å². The van der Waals surface area contributed by atoms with Crippen molar-refractivity contribution in [3.05, 3.63) is 71.8 Å². The first-order chi connectivity index (χ1) is 16.9. The van der Waals surface area contributed by atoms with Crippen LogP contribution in [0.1, 0.15) is 25.0 Å². The molecule has 0 radical (unpaired) electrons. The predicted octanol–water partition coefficient (Wildman–Crippen LogP) is 1.96. The maximum atomic E-state index is 12.0. The number of amides is 1. The van der Waals surface area contributed by atoms with Crippen molar-refractivity contribution in [1.82, 2.24) is 5.32 Å². The minimum absolute atomic E-state index is 0.0422. The molecule has 9 nitrogen and oxygen atoms in total. The van der Waals surface area contributed by atoms with E-state index in [1.54, 1.807) is 0 Å². The van der Waals surface area contributed by atoms with E-state index in [0.717, 1.165) is 11.1 Å². The molecule has 1 saturated heterocycles. The lowest BCUT2D eigenvalue weighted by Crippen LogP contribution is -2.66. The molecular formula is C26H33NO8. The molecule has 3 rings (SSSR count). The SMILES string of the molecule is COC(=O)C(C)OC1C(O)C(COCc2ccccc2)OC(OCc2ccccc2)C1NC(C)=O. The molecule has 0 saturated carbocycles. The molecule has 0 spiro atoms. The zero-order valence-electron chi connectivity index (χ0n) is 20.2. The number of carbonyl (C=O) groups excluding carboxylic acids is 2. The maximum Gasteiger partial charge on any atom is 0.334 e. The molecule has 2 aromatic rings. The quantitative estimate of drug-likeness (QED) is 0.463. The van der Waals surface area contributed by atoms with Gasteiger partial charge in [-0.1, -0.05) is 60.7 Å². The van der Waals surface area contributed by atoms with Crippen LogP contribution in [0.2, 0.25) is 0 Å². The first-order valence-corrected chi connectivity index (χ1v) is 11.5. The lowest BCUT2D eigenvalue weighted by atomic mass is 9.96. The Bertz CT molecular complexity index is 925. The normalized spacial score (nSPS) is 25.0. The van der Waals surface area contributed by atoms with Gasteiger partial charge in [-0.15, -0.1) is 0 Å². The third kappa shape index (κ3) is 7.84. The van der Waals surface area contributed by atoms with Crippen molar-refractivity contribution in [2.75, 3.05) is 13.7 Å². The van der Waals surface area contributed by atoms with E-state index in [1.165, 1.54) is 21.0 Å². The van der Waals surface area contributed by atoms with Crippen LogP contribution >= 0.6 is 0 Å². The molecule has 1 amide bonds. The van der Waals surface area contributed by atoms with E-state index < -0.39 is 42.7 Å². The second-order valence-electron chi connectivity index (χ2n) is 8.32. The molecule has 0 aliphatic carbocycles. The van der Waals surface area contributed by atoms with Crippen LogP contribution in [0, 0.1) is 0 Å². The summed E-state index contributed by atoms with van der Waals surface area (Å²) in [6.45, 7) is 3.42. The van der Waals surface area contributed by atoms with Gasteiger partial charge in [-0.05, 0) is 18.1 Å². The van der Waals surface area contributed by atoms with Gasteiger partial charge in [-0.2, -0.15) is 0 Å². The van der Waals surface area contributed by atoms with Crippen LogP contribution in [0.25, 0.3) is 0 Å². The molecule has 2 N–H and O–H groups in total. The predicted molar refractivity (Wildman–Crippen MR) is 126 cm³/mol. The minimum atomic E-state index is -1.22. The lowest BCUT2D eigenvalue weighted by molar-refractivity contribution is -0.286. The Kier molecular flexibility index (Phi) is 10.2. The van der Waals surface area contributed by atoms with Crippen molar-refractivity contribution < 1.29 is 38.4 Å². The number of ether oxygens (including phenoxy) is 5. The number of benzene rings is 2. The summed E-state index contributed by atoms with van der Waals surface area (Å²) in [6.07, 6.45) is -5.03. The van der Waals surface area contributed by atoms with E-state index in [2.05, 4.69) is 5.32 Å². The van der Waals surface area contributed by atoms with Crippen LogP contribution in [0.4, 0.5) is 0 Å². The summed E-state index contributed by atoms with van der Waals surface area (Å²) in [5.41, 5.74) is 1.87. The highest BCUT2D eigenvalue weighted by molar-refractivity contribution is 5.74. The number of esters is 1. The van der Waals surface area contributed by atoms with Crippen molar-refractivity contribution in [3.63, 3.8) is 0 Å². The van der Waals surface area contributed by atoms with E-state index in [-0.39, 0.29) is 19.1 Å². The summed E-state index contributed by atoms with van der Waals surface area (Å²) in [7, 11) is 1.25. The van der Waals surface area contributed by atoms with Crippen molar-refractivity contribution >= 4 is 11.9 Å². The molecule has 1 aliphatic heterocycles. The molecule has 0 aromatic heterocycles. The molecule has 190 valence electrons. The topological polar surface area (TPSA) is 113 Å². The Balaban J connectivity index is 1.78. The van der Waals surface area contributed by atoms with Gasteiger partial charge in [0.2, 0.25) is 5.91 Å². The molecule has 6 unspecified atom stereocenters. The molecule has 0 bridgehead atoms. The van der Waals surface area contributed by atoms with Crippen molar-refractivity contribution in [1.29, 1.82) is 0 Å². The number of rotatable bonds is 11. The fourth-order valence-electron chi connectivity index (χ4n) is 3.82. The second kappa shape index (κ2) is 13.3. The zero-order chi connectivity index (χ0) is 25.2. The van der Waals surface area contributed by atoms with Crippen LogP contribution in [0.3, 0.4) is 0 Å². The van der Waals surface area contributed by atoms with Gasteiger partial charge in [0.15, 0.2) is 12.4 Å². The van der Waals surface area contributed by atoms with Gasteiger partial charge in [-0.25, -0.2) is 4.79 Å². The highest BCUT2D eigenvalue weighted by Crippen LogP contribution is 2.27. The van der Waals surface area contributed by atoms with Crippen LogP contribution in [0.5, 0.6) is 0 Å². The van der Waals surface area contributed by atoms with Crippen molar-refractivity contribution in [2.45, 2.75) is 63.8 Å². The van der Waals surface area contributed by atoms with E-state index >= 15 is 0 Å². The first kappa shape index (κ1) is 26.8. The second-order valence-corrected chi connectivity index (χ2v) is 8.32. The van der Waals surface area contributed by atoms with Gasteiger partial charge in [0.05, 0.1) is 26.9 Å². The van der Waals surface area contributed by atoms with Crippen molar-refractivity contribution in [3.8, 4) is 0 Å². The van der Waals surface area contributed by atoms with Gasteiger partial charge in [0.25, 0.3) is 0 Å². The third-order valence-corrected chi connectivity index (χ3v) is 5.59. The lowest BCUT2D eigenvalue weighted by Gasteiger charge is -2.45. The van der Waals surface area contributed by atoms with Gasteiger partial charge in [0.1, 0.15) is 24.4 Å². The molecule has 35 heavy (non-hydrogen) atoms. The van der Waals surface area contributed by atoms with Gasteiger partial charge in [-0.3, -0.25) is 4.79 Å². The van der Waals surface area contributed by atoms with Crippen LogP contribution in [0.15, 0.2) is 60.7 Å². The Morgan fingerprint density at radius 3 is 2.20 bits per heavy atom. The summed E-state index contributed by atoms with van der Waals surface area (Å²) >= 11 is 0. The van der Waals surface area contributed by atoms with Crippen LogP contribution in [-0.2, 0) is 46.5 Å². The largest absolute Gasteiger partial charge is 0.467 e. The number of aliphatic hydroxyl groups is 1. The number of aliphatic hydroxyl groups excluding tert-OH is 1. The van der Waals surface area contributed by atoms with Gasteiger partial charge < -0.3 is 34.1 Å². The summed E-state index contributed by atoms with van der Waals surface area (Å²) in [5.74, 6) is -0.971. The number of hydrogen-bond acceptors (Lipinski definition) is 8. The number of nitrogens with one attached hydrogen (secondary N) is 1. The molecule has 1 aliphatic rings. The summed E-state index contributed by atoms with van der Waals surface area (Å²) in [5, 5.41) is 13.9. The number of carbonyl (C=O) groups is 2. The third-order valence-electron chi connectivity index (χ3n) is 5.59. The number of methoxy groups -OCH3 is 1. The summed E-state index contributed by atoms with van der Waals surface area (Å²) < 4.78 is 28.5. The minimum Gasteiger partial charge on any atom is -0.467 e. The smallest absolute Gasteiger partial charge is 0.334 e. The van der Waals surface area contributed by atoms with E-state index in [1.807, 2.05) is 60.7 Å². The van der Waals surface area contributed by atoms with Crippen LogP contribution < -0.4 is 5.32 Å². The molecule has 2 aromatic carbocycles. The highest BCUT2D eigenvalue weighted by atomic mass is 16.7. The fraction of sp³-hybridized carbons (Fsp3) is 0.462. The average molecular weight is 488 g/mol. The first-order valence-electron chi connectivity index (χ1n) is 11.5. The Morgan fingerprint density at radius 2 is 1.63 bits per heavy atom. The van der Waals surface area contributed by atoms with E-state index in [4.69, 9.17) is 23.7 Å². The monoisotopic (exact) mass is 487 g/mol. The average Bonchev–Trinajstić information content (AvgIpc) is 2.87. The zero-order valence-corrected chi connectivity index (χ0v) is 20.2. The van der Waals surface area contributed by atoms with E-state index in [9.17, 15) is 14.7 Å². The Labute approximate surface area is 205 Å². The summed E-state index contributed by atoms with van der Waals surface area (Å²) in [6, 6.07) is 18.2. The Hall–Kier alpha value is -2.82. The summed E-state index contributed by atoms with van der Waals surface area (Å²) in [4.78, 5) is 24.0. The molecule has 1 heterocycles. The maximum absolute atomic E-state index is 12.0.